The Labute approximate surface area is 161 Å². The lowest BCUT2D eigenvalue weighted by molar-refractivity contribution is -0.121. The first-order chi connectivity index (χ1) is 12.9. The first kappa shape index (κ1) is 20.3. The third kappa shape index (κ3) is 4.87. The number of rotatable bonds is 5. The zero-order valence-corrected chi connectivity index (χ0v) is 16.9. The van der Waals surface area contributed by atoms with Gasteiger partial charge in [-0.1, -0.05) is 6.92 Å². The predicted octanol–water partition coefficient (Wildman–Crippen LogP) is 1.77. The fourth-order valence-corrected chi connectivity index (χ4v) is 5.04. The first-order valence-electron chi connectivity index (χ1n) is 9.61. The molecular weight excluding hydrogens is 366 g/mol. The largest absolute Gasteiger partial charge is 0.379 e. The van der Waals surface area contributed by atoms with Crippen molar-refractivity contribution >= 4 is 21.6 Å². The van der Waals surface area contributed by atoms with E-state index < -0.39 is 10.0 Å². The van der Waals surface area contributed by atoms with Gasteiger partial charge in [0.2, 0.25) is 15.9 Å². The number of hydrogen-bond donors (Lipinski definition) is 1. The number of nitrogens with zero attached hydrogens (tertiary/aromatic N) is 2. The van der Waals surface area contributed by atoms with Crippen LogP contribution in [0.3, 0.4) is 0 Å². The van der Waals surface area contributed by atoms with Gasteiger partial charge in [-0.2, -0.15) is 4.31 Å². The van der Waals surface area contributed by atoms with Crippen LogP contribution in [0.25, 0.3) is 0 Å². The molecule has 1 amide bonds. The number of ether oxygens (including phenoxy) is 1. The van der Waals surface area contributed by atoms with Crippen LogP contribution in [0.15, 0.2) is 29.2 Å². The summed E-state index contributed by atoms with van der Waals surface area (Å²) in [6.07, 6.45) is 2.33. The highest BCUT2D eigenvalue weighted by Crippen LogP contribution is 2.21. The van der Waals surface area contributed by atoms with Gasteiger partial charge in [0, 0.05) is 25.3 Å². The van der Waals surface area contributed by atoms with Crippen molar-refractivity contribution in [1.29, 1.82) is 0 Å². The van der Waals surface area contributed by atoms with Gasteiger partial charge in [-0.25, -0.2) is 8.42 Å². The van der Waals surface area contributed by atoms with Crippen molar-refractivity contribution in [3.05, 3.63) is 24.3 Å². The third-order valence-corrected chi connectivity index (χ3v) is 7.26. The fraction of sp³-hybridized carbons (Fsp3) is 0.632. The van der Waals surface area contributed by atoms with E-state index in [-0.39, 0.29) is 16.8 Å². The quantitative estimate of drug-likeness (QED) is 0.822. The monoisotopic (exact) mass is 395 g/mol. The standard InChI is InChI=1S/C19H29N3O4S/c1-15-4-3-9-21(14-15)16(2)19(23)20-17-5-7-18(8-6-17)27(24,25)22-10-12-26-13-11-22/h5-8,15-16H,3-4,9-14H2,1-2H3,(H,20,23)/t15-,16-/m0/s1. The van der Waals surface area contributed by atoms with Crippen LogP contribution in [0.4, 0.5) is 5.69 Å². The lowest BCUT2D eigenvalue weighted by Gasteiger charge is -2.34. The Hall–Kier alpha value is -1.48. The summed E-state index contributed by atoms with van der Waals surface area (Å²) in [5, 5.41) is 2.90. The summed E-state index contributed by atoms with van der Waals surface area (Å²) in [7, 11) is -3.51. The SMILES string of the molecule is C[C@H]1CCCN([C@@H](C)C(=O)Nc2ccc(S(=O)(=O)N3CCOCC3)cc2)C1. The molecule has 0 aromatic heterocycles. The average Bonchev–Trinajstić information content (AvgIpc) is 2.68. The second-order valence-corrected chi connectivity index (χ2v) is 9.39. The zero-order chi connectivity index (χ0) is 19.4. The van der Waals surface area contributed by atoms with Gasteiger partial charge in [-0.3, -0.25) is 9.69 Å². The Morgan fingerprint density at radius 2 is 1.85 bits per heavy atom. The number of piperidine rings is 1. The van der Waals surface area contributed by atoms with Gasteiger partial charge in [0.1, 0.15) is 0 Å². The van der Waals surface area contributed by atoms with Crippen LogP contribution < -0.4 is 5.32 Å². The summed E-state index contributed by atoms with van der Waals surface area (Å²) in [5.41, 5.74) is 0.609. The van der Waals surface area contributed by atoms with Gasteiger partial charge < -0.3 is 10.1 Å². The molecule has 7 nitrogen and oxygen atoms in total. The fourth-order valence-electron chi connectivity index (χ4n) is 3.64. The summed E-state index contributed by atoms with van der Waals surface area (Å²) in [5.74, 6) is 0.548. The molecule has 2 saturated heterocycles. The van der Waals surface area contributed by atoms with Crippen molar-refractivity contribution in [2.75, 3.05) is 44.7 Å². The Kier molecular flexibility index (Phi) is 6.52. The number of benzene rings is 1. The number of amides is 1. The first-order valence-corrected chi connectivity index (χ1v) is 11.0. The maximum absolute atomic E-state index is 12.6. The van der Waals surface area contributed by atoms with Gasteiger partial charge in [-0.15, -0.1) is 0 Å². The van der Waals surface area contributed by atoms with Crippen LogP contribution in [0.1, 0.15) is 26.7 Å². The molecule has 3 rings (SSSR count). The molecule has 0 bridgehead atoms. The summed E-state index contributed by atoms with van der Waals surface area (Å²) in [6, 6.07) is 6.19. The topological polar surface area (TPSA) is 79.0 Å². The molecule has 150 valence electrons. The maximum atomic E-state index is 12.6. The third-order valence-electron chi connectivity index (χ3n) is 5.35. The van der Waals surface area contributed by atoms with Gasteiger partial charge in [-0.05, 0) is 56.5 Å². The second kappa shape index (κ2) is 8.68. The Bertz CT molecular complexity index is 745. The number of sulfonamides is 1. The normalized spacial score (nSPS) is 23.7. The van der Waals surface area contributed by atoms with E-state index in [2.05, 4.69) is 17.1 Å². The van der Waals surface area contributed by atoms with Crippen LogP contribution in [0, 0.1) is 5.92 Å². The van der Waals surface area contributed by atoms with E-state index in [1.165, 1.54) is 10.7 Å². The van der Waals surface area contributed by atoms with E-state index in [9.17, 15) is 13.2 Å². The molecule has 0 spiro atoms. The average molecular weight is 396 g/mol. The van der Waals surface area contributed by atoms with E-state index in [0.29, 0.717) is 37.9 Å². The number of morpholine rings is 1. The highest BCUT2D eigenvalue weighted by Gasteiger charge is 2.27. The summed E-state index contributed by atoms with van der Waals surface area (Å²) < 4.78 is 31.9. The molecule has 2 heterocycles. The van der Waals surface area contributed by atoms with Crippen LogP contribution in [0.5, 0.6) is 0 Å². The molecule has 2 atom stereocenters. The molecule has 1 N–H and O–H groups in total. The molecular formula is C19H29N3O4S. The predicted molar refractivity (Wildman–Crippen MR) is 104 cm³/mol. The van der Waals surface area contributed by atoms with Crippen molar-refractivity contribution in [3.8, 4) is 0 Å². The summed E-state index contributed by atoms with van der Waals surface area (Å²) in [6.45, 7) is 7.58. The second-order valence-electron chi connectivity index (χ2n) is 7.45. The molecule has 0 unspecified atom stereocenters. The highest BCUT2D eigenvalue weighted by atomic mass is 32.2. The van der Waals surface area contributed by atoms with Gasteiger partial charge in [0.05, 0.1) is 24.2 Å². The zero-order valence-electron chi connectivity index (χ0n) is 16.1. The number of carbonyl (C=O) groups is 1. The number of carbonyl (C=O) groups excluding carboxylic acids is 1. The molecule has 0 radical (unpaired) electrons. The lowest BCUT2D eigenvalue weighted by Crippen LogP contribution is -2.46. The number of anilines is 1. The van der Waals surface area contributed by atoms with Crippen LogP contribution in [0.2, 0.25) is 0 Å². The Morgan fingerprint density at radius 1 is 1.19 bits per heavy atom. The van der Waals surface area contributed by atoms with Gasteiger partial charge in [0.15, 0.2) is 0 Å². The smallest absolute Gasteiger partial charge is 0.243 e. The van der Waals surface area contributed by atoms with E-state index >= 15 is 0 Å². The highest BCUT2D eigenvalue weighted by molar-refractivity contribution is 7.89. The van der Waals surface area contributed by atoms with E-state index in [1.54, 1.807) is 24.3 Å². The van der Waals surface area contributed by atoms with E-state index in [0.717, 1.165) is 19.5 Å². The minimum Gasteiger partial charge on any atom is -0.379 e. The minimum atomic E-state index is -3.51. The molecule has 27 heavy (non-hydrogen) atoms. The molecule has 8 heteroatoms. The van der Waals surface area contributed by atoms with Crippen molar-refractivity contribution in [2.24, 2.45) is 5.92 Å². The van der Waals surface area contributed by atoms with E-state index in [4.69, 9.17) is 4.74 Å². The van der Waals surface area contributed by atoms with Crippen molar-refractivity contribution < 1.29 is 17.9 Å². The molecule has 1 aromatic rings. The van der Waals surface area contributed by atoms with Crippen molar-refractivity contribution in [2.45, 2.75) is 37.6 Å². The van der Waals surface area contributed by atoms with E-state index in [1.807, 2.05) is 6.92 Å². The minimum absolute atomic E-state index is 0.0621. The number of nitrogens with one attached hydrogen (secondary N) is 1. The summed E-state index contributed by atoms with van der Waals surface area (Å²) >= 11 is 0. The molecule has 1 aromatic carbocycles. The number of likely N-dealkylation sites (tertiary alicyclic amines) is 1. The van der Waals surface area contributed by atoms with Crippen LogP contribution >= 0.6 is 0 Å². The van der Waals surface area contributed by atoms with Gasteiger partial charge in [0.25, 0.3) is 0 Å². The Balaban J connectivity index is 1.62. The lowest BCUT2D eigenvalue weighted by atomic mass is 9.99. The molecule has 0 aliphatic carbocycles. The number of hydrogen-bond acceptors (Lipinski definition) is 5. The molecule has 2 aliphatic heterocycles. The van der Waals surface area contributed by atoms with Gasteiger partial charge >= 0.3 is 0 Å². The molecule has 2 aliphatic rings. The maximum Gasteiger partial charge on any atom is 0.243 e. The molecule has 2 fully saturated rings. The van der Waals surface area contributed by atoms with Crippen molar-refractivity contribution in [1.82, 2.24) is 9.21 Å². The Morgan fingerprint density at radius 3 is 2.48 bits per heavy atom. The van der Waals surface area contributed by atoms with Crippen LogP contribution in [-0.2, 0) is 19.6 Å². The van der Waals surface area contributed by atoms with Crippen LogP contribution in [-0.4, -0.2) is 69.0 Å². The summed E-state index contributed by atoms with van der Waals surface area (Å²) in [4.78, 5) is 15.0. The molecule has 0 saturated carbocycles. The van der Waals surface area contributed by atoms with Crippen molar-refractivity contribution in [3.63, 3.8) is 0 Å².